The number of benzene rings is 2. The Morgan fingerprint density at radius 1 is 1.16 bits per heavy atom. The van der Waals surface area contributed by atoms with E-state index in [1.165, 1.54) is 11.0 Å². The summed E-state index contributed by atoms with van der Waals surface area (Å²) in [7, 11) is 0. The Morgan fingerprint density at radius 2 is 1.96 bits per heavy atom. The molecule has 0 aliphatic rings. The zero-order chi connectivity index (χ0) is 17.2. The molecule has 0 aliphatic heterocycles. The number of carbonyl (C=O) groups is 1. The molecule has 2 heterocycles. The normalized spacial score (nSPS) is 12.2. The van der Waals surface area contributed by atoms with E-state index in [9.17, 15) is 4.79 Å². The van der Waals surface area contributed by atoms with Crippen molar-refractivity contribution in [2.24, 2.45) is 0 Å². The van der Waals surface area contributed by atoms with Crippen LogP contribution in [-0.4, -0.2) is 36.1 Å². The van der Waals surface area contributed by atoms with E-state index in [1.54, 1.807) is 24.3 Å². The minimum absolute atomic E-state index is 0.170. The van der Waals surface area contributed by atoms with E-state index in [0.29, 0.717) is 5.56 Å². The molecule has 2 aromatic carbocycles. The summed E-state index contributed by atoms with van der Waals surface area (Å²) in [6.45, 7) is 1.89. The molecule has 2 aromatic heterocycles. The molecule has 8 nitrogen and oxygen atoms in total. The first-order chi connectivity index (χ1) is 12.2. The maximum absolute atomic E-state index is 12.4. The molecule has 0 saturated heterocycles. The van der Waals surface area contributed by atoms with Gasteiger partial charge in [0.2, 0.25) is 0 Å². The zero-order valence-corrected chi connectivity index (χ0v) is 13.4. The summed E-state index contributed by atoms with van der Waals surface area (Å²) >= 11 is 0. The SMILES string of the molecule is C[C@H](NC(=O)c1ccc(-n2cnnn2)cc1)c1nc2ccccc2[nH]1. The molecular weight excluding hydrogens is 318 g/mol. The molecular formula is C17H15N7O. The molecule has 0 radical (unpaired) electrons. The summed E-state index contributed by atoms with van der Waals surface area (Å²) in [5, 5.41) is 13.9. The molecule has 25 heavy (non-hydrogen) atoms. The summed E-state index contributed by atoms with van der Waals surface area (Å²) in [5.74, 6) is 0.552. The van der Waals surface area contributed by atoms with Gasteiger partial charge in [0.05, 0.1) is 22.8 Å². The average molecular weight is 333 g/mol. The molecule has 4 rings (SSSR count). The van der Waals surface area contributed by atoms with Gasteiger partial charge in [-0.05, 0) is 53.7 Å². The number of hydrogen-bond donors (Lipinski definition) is 2. The number of rotatable bonds is 4. The standard InChI is InChI=1S/C17H15N7O/c1-11(16-20-14-4-2-3-5-15(14)21-16)19-17(25)12-6-8-13(9-7-12)24-10-18-22-23-24/h2-11H,1H3,(H,19,25)(H,20,21)/t11-/m0/s1. The highest BCUT2D eigenvalue weighted by atomic mass is 16.1. The Kier molecular flexibility index (Phi) is 3.70. The van der Waals surface area contributed by atoms with E-state index in [-0.39, 0.29) is 11.9 Å². The Morgan fingerprint density at radius 3 is 2.68 bits per heavy atom. The number of aromatic nitrogens is 6. The lowest BCUT2D eigenvalue weighted by molar-refractivity contribution is 0.0938. The fourth-order valence-corrected chi connectivity index (χ4v) is 2.57. The predicted molar refractivity (Wildman–Crippen MR) is 91.1 cm³/mol. The van der Waals surface area contributed by atoms with Crippen LogP contribution in [-0.2, 0) is 0 Å². The van der Waals surface area contributed by atoms with Gasteiger partial charge >= 0.3 is 0 Å². The van der Waals surface area contributed by atoms with Crippen LogP contribution in [0.3, 0.4) is 0 Å². The van der Waals surface area contributed by atoms with E-state index in [1.807, 2.05) is 31.2 Å². The first-order valence-electron chi connectivity index (χ1n) is 7.79. The Bertz CT molecular complexity index is 972. The smallest absolute Gasteiger partial charge is 0.251 e. The average Bonchev–Trinajstić information content (AvgIpc) is 3.31. The van der Waals surface area contributed by atoms with Crippen LogP contribution in [0.1, 0.15) is 29.1 Å². The summed E-state index contributed by atoms with van der Waals surface area (Å²) in [6, 6.07) is 14.6. The van der Waals surface area contributed by atoms with E-state index >= 15 is 0 Å². The van der Waals surface area contributed by atoms with E-state index in [2.05, 4.69) is 30.8 Å². The van der Waals surface area contributed by atoms with Gasteiger partial charge in [0, 0.05) is 5.56 Å². The zero-order valence-electron chi connectivity index (χ0n) is 13.4. The minimum atomic E-state index is -0.237. The monoisotopic (exact) mass is 333 g/mol. The van der Waals surface area contributed by atoms with Gasteiger partial charge in [-0.1, -0.05) is 12.1 Å². The second-order valence-electron chi connectivity index (χ2n) is 5.64. The quantitative estimate of drug-likeness (QED) is 0.595. The van der Waals surface area contributed by atoms with Crippen molar-refractivity contribution >= 4 is 16.9 Å². The Balaban J connectivity index is 1.49. The number of amides is 1. The van der Waals surface area contributed by atoms with Gasteiger partial charge in [-0.25, -0.2) is 9.67 Å². The topological polar surface area (TPSA) is 101 Å². The summed E-state index contributed by atoms with van der Waals surface area (Å²) in [6.07, 6.45) is 1.50. The maximum atomic E-state index is 12.4. The van der Waals surface area contributed by atoms with Gasteiger partial charge in [0.25, 0.3) is 5.91 Å². The van der Waals surface area contributed by atoms with Gasteiger partial charge in [0.1, 0.15) is 12.2 Å². The van der Waals surface area contributed by atoms with Crippen LogP contribution >= 0.6 is 0 Å². The van der Waals surface area contributed by atoms with Crippen molar-refractivity contribution in [2.45, 2.75) is 13.0 Å². The fraction of sp³-hybridized carbons (Fsp3) is 0.118. The molecule has 0 spiro atoms. The third kappa shape index (κ3) is 2.97. The van der Waals surface area contributed by atoms with Gasteiger partial charge in [-0.15, -0.1) is 5.10 Å². The number of nitrogens with zero attached hydrogens (tertiary/aromatic N) is 5. The minimum Gasteiger partial charge on any atom is -0.342 e. The van der Waals surface area contributed by atoms with E-state index < -0.39 is 0 Å². The third-order valence-corrected chi connectivity index (χ3v) is 3.91. The van der Waals surface area contributed by atoms with Gasteiger partial charge in [-0.3, -0.25) is 4.79 Å². The number of imidazole rings is 1. The number of H-pyrrole nitrogens is 1. The largest absolute Gasteiger partial charge is 0.342 e. The van der Waals surface area contributed by atoms with Crippen LogP contribution in [0.4, 0.5) is 0 Å². The Hall–Kier alpha value is -3.55. The Labute approximate surface area is 142 Å². The maximum Gasteiger partial charge on any atom is 0.251 e. The van der Waals surface area contributed by atoms with Crippen molar-refractivity contribution in [3.05, 3.63) is 66.2 Å². The number of para-hydroxylation sites is 2. The number of nitrogens with one attached hydrogen (secondary N) is 2. The molecule has 0 saturated carbocycles. The number of tetrazole rings is 1. The first kappa shape index (κ1) is 15.0. The van der Waals surface area contributed by atoms with Gasteiger partial charge in [-0.2, -0.15) is 0 Å². The summed E-state index contributed by atoms with van der Waals surface area (Å²) < 4.78 is 1.53. The molecule has 2 N–H and O–H groups in total. The number of aromatic amines is 1. The third-order valence-electron chi connectivity index (χ3n) is 3.91. The number of fused-ring (bicyclic) bond motifs is 1. The highest BCUT2D eigenvalue weighted by Gasteiger charge is 2.15. The van der Waals surface area contributed by atoms with Crippen molar-refractivity contribution in [2.75, 3.05) is 0 Å². The molecule has 0 unspecified atom stereocenters. The number of hydrogen-bond acceptors (Lipinski definition) is 5. The summed E-state index contributed by atoms with van der Waals surface area (Å²) in [4.78, 5) is 20.2. The van der Waals surface area contributed by atoms with Gasteiger partial charge < -0.3 is 10.3 Å². The van der Waals surface area contributed by atoms with Crippen molar-refractivity contribution in [3.63, 3.8) is 0 Å². The van der Waals surface area contributed by atoms with Crippen molar-refractivity contribution in [3.8, 4) is 5.69 Å². The van der Waals surface area contributed by atoms with Crippen LogP contribution in [0.25, 0.3) is 16.7 Å². The second kappa shape index (κ2) is 6.16. The van der Waals surface area contributed by atoms with Crippen LogP contribution in [0, 0.1) is 0 Å². The highest BCUT2D eigenvalue weighted by molar-refractivity contribution is 5.94. The van der Waals surface area contributed by atoms with E-state index in [0.717, 1.165) is 22.5 Å². The fourth-order valence-electron chi connectivity index (χ4n) is 2.57. The molecule has 1 amide bonds. The molecule has 124 valence electrons. The predicted octanol–water partition coefficient (Wildman–Crippen LogP) is 2.03. The van der Waals surface area contributed by atoms with Gasteiger partial charge in [0.15, 0.2) is 0 Å². The molecule has 8 heteroatoms. The van der Waals surface area contributed by atoms with Crippen molar-refractivity contribution in [1.82, 2.24) is 35.5 Å². The van der Waals surface area contributed by atoms with Crippen molar-refractivity contribution in [1.29, 1.82) is 0 Å². The first-order valence-corrected chi connectivity index (χ1v) is 7.79. The number of carbonyl (C=O) groups excluding carboxylic acids is 1. The second-order valence-corrected chi connectivity index (χ2v) is 5.64. The highest BCUT2D eigenvalue weighted by Crippen LogP contribution is 2.16. The lowest BCUT2D eigenvalue weighted by Gasteiger charge is -2.11. The van der Waals surface area contributed by atoms with Crippen LogP contribution in [0.2, 0.25) is 0 Å². The van der Waals surface area contributed by atoms with Crippen molar-refractivity contribution < 1.29 is 4.79 Å². The summed E-state index contributed by atoms with van der Waals surface area (Å²) in [5.41, 5.74) is 3.17. The lowest BCUT2D eigenvalue weighted by atomic mass is 10.2. The lowest BCUT2D eigenvalue weighted by Crippen LogP contribution is -2.27. The van der Waals surface area contributed by atoms with Crippen LogP contribution < -0.4 is 5.32 Å². The van der Waals surface area contributed by atoms with Crippen LogP contribution in [0.5, 0.6) is 0 Å². The van der Waals surface area contributed by atoms with E-state index in [4.69, 9.17) is 0 Å². The van der Waals surface area contributed by atoms with Crippen LogP contribution in [0.15, 0.2) is 54.9 Å². The molecule has 0 aliphatic carbocycles. The molecule has 4 aromatic rings. The molecule has 0 fully saturated rings. The molecule has 0 bridgehead atoms. The molecule has 1 atom stereocenters.